The molecule has 6 heteroatoms. The predicted molar refractivity (Wildman–Crippen MR) is 108 cm³/mol. The van der Waals surface area contributed by atoms with E-state index in [1.807, 2.05) is 67.7 Å². The number of piperazine rings is 1. The van der Waals surface area contributed by atoms with Gasteiger partial charge in [-0.1, -0.05) is 36.4 Å². The van der Waals surface area contributed by atoms with Crippen molar-refractivity contribution in [1.29, 1.82) is 0 Å². The van der Waals surface area contributed by atoms with Gasteiger partial charge in [0.1, 0.15) is 0 Å². The number of rotatable bonds is 6. The third-order valence-corrected chi connectivity index (χ3v) is 4.77. The van der Waals surface area contributed by atoms with Crippen LogP contribution in [-0.2, 0) is 9.59 Å². The monoisotopic (exact) mass is 366 g/mol. The normalized spacial score (nSPS) is 15.3. The molecule has 0 atom stereocenters. The van der Waals surface area contributed by atoms with E-state index in [0.29, 0.717) is 13.1 Å². The van der Waals surface area contributed by atoms with Gasteiger partial charge in [0.15, 0.2) is 0 Å². The van der Waals surface area contributed by atoms with Crippen LogP contribution < -0.4 is 10.2 Å². The Kier molecular flexibility index (Phi) is 6.57. The van der Waals surface area contributed by atoms with Crippen LogP contribution in [-0.4, -0.2) is 67.9 Å². The number of nitrogens with one attached hydrogen (secondary N) is 1. The van der Waals surface area contributed by atoms with Gasteiger partial charge in [0.05, 0.1) is 13.1 Å². The van der Waals surface area contributed by atoms with Crippen molar-refractivity contribution < 1.29 is 9.59 Å². The van der Waals surface area contributed by atoms with Crippen LogP contribution in [0.15, 0.2) is 60.7 Å². The van der Waals surface area contributed by atoms with Crippen molar-refractivity contribution in [2.24, 2.45) is 0 Å². The van der Waals surface area contributed by atoms with Crippen LogP contribution >= 0.6 is 0 Å². The molecule has 1 N–H and O–H groups in total. The Hall–Kier alpha value is -2.70. The summed E-state index contributed by atoms with van der Waals surface area (Å²) in [6, 6.07) is 19.1. The highest BCUT2D eigenvalue weighted by molar-refractivity contribution is 5.94. The second-order valence-electron chi connectivity index (χ2n) is 6.75. The molecular weight excluding hydrogens is 340 g/mol. The molecular formula is C21H26N4O2. The van der Waals surface area contributed by atoms with Gasteiger partial charge in [-0.15, -0.1) is 0 Å². The summed E-state index contributed by atoms with van der Waals surface area (Å²) < 4.78 is 0. The Morgan fingerprint density at radius 2 is 1.37 bits per heavy atom. The number of amides is 2. The van der Waals surface area contributed by atoms with Crippen molar-refractivity contribution in [3.63, 3.8) is 0 Å². The van der Waals surface area contributed by atoms with E-state index in [2.05, 4.69) is 15.1 Å². The smallest absolute Gasteiger partial charge is 0.240 e. The van der Waals surface area contributed by atoms with E-state index in [9.17, 15) is 9.59 Å². The molecule has 0 aliphatic carbocycles. The molecule has 1 aliphatic rings. The molecule has 1 fully saturated rings. The van der Waals surface area contributed by atoms with Gasteiger partial charge in [0.2, 0.25) is 11.8 Å². The average molecular weight is 366 g/mol. The number of para-hydroxylation sites is 2. The van der Waals surface area contributed by atoms with Crippen molar-refractivity contribution in [1.82, 2.24) is 9.80 Å². The number of carbonyl (C=O) groups excluding carboxylic acids is 2. The summed E-state index contributed by atoms with van der Waals surface area (Å²) in [6.45, 7) is 3.91. The van der Waals surface area contributed by atoms with Crippen LogP contribution in [0.2, 0.25) is 0 Å². The molecule has 142 valence electrons. The minimum Gasteiger partial charge on any atom is -0.325 e. The molecule has 1 heterocycles. The number of hydrogen-bond acceptors (Lipinski definition) is 4. The maximum absolute atomic E-state index is 12.5. The van der Waals surface area contributed by atoms with Crippen LogP contribution in [0.5, 0.6) is 0 Å². The van der Waals surface area contributed by atoms with Crippen molar-refractivity contribution in [2.45, 2.75) is 0 Å². The molecule has 2 aromatic rings. The van der Waals surface area contributed by atoms with Gasteiger partial charge in [0, 0.05) is 44.6 Å². The predicted octanol–water partition coefficient (Wildman–Crippen LogP) is 1.91. The summed E-state index contributed by atoms with van der Waals surface area (Å²) in [7, 11) is 1.81. The summed E-state index contributed by atoms with van der Waals surface area (Å²) in [4.78, 5) is 30.6. The number of benzene rings is 2. The van der Waals surface area contributed by atoms with Gasteiger partial charge in [-0.2, -0.15) is 0 Å². The van der Waals surface area contributed by atoms with Crippen molar-refractivity contribution in [3.05, 3.63) is 60.7 Å². The van der Waals surface area contributed by atoms with E-state index in [-0.39, 0.29) is 11.8 Å². The Morgan fingerprint density at radius 1 is 0.852 bits per heavy atom. The maximum atomic E-state index is 12.5. The Balaban J connectivity index is 1.41. The Morgan fingerprint density at radius 3 is 1.96 bits per heavy atom. The van der Waals surface area contributed by atoms with E-state index in [1.165, 1.54) is 0 Å². The summed E-state index contributed by atoms with van der Waals surface area (Å²) in [5, 5.41) is 2.91. The zero-order valence-corrected chi connectivity index (χ0v) is 15.7. The zero-order chi connectivity index (χ0) is 19.1. The summed E-state index contributed by atoms with van der Waals surface area (Å²) >= 11 is 0. The standard InChI is InChI=1S/C21H26N4O2/c1-23(19-10-6-3-7-11-19)21(27)17-25-14-12-24(13-15-25)16-20(26)22-18-8-4-2-5-9-18/h2-11H,12-17H2,1H3,(H,22,26). The summed E-state index contributed by atoms with van der Waals surface area (Å²) in [6.07, 6.45) is 0. The van der Waals surface area contributed by atoms with Gasteiger partial charge in [-0.25, -0.2) is 0 Å². The molecule has 0 unspecified atom stereocenters. The van der Waals surface area contributed by atoms with Crippen LogP contribution in [0.1, 0.15) is 0 Å². The number of anilines is 2. The lowest BCUT2D eigenvalue weighted by atomic mass is 10.2. The topological polar surface area (TPSA) is 55.9 Å². The van der Waals surface area contributed by atoms with E-state index in [4.69, 9.17) is 0 Å². The number of carbonyl (C=O) groups is 2. The van der Waals surface area contributed by atoms with Gasteiger partial charge in [0.25, 0.3) is 0 Å². The van der Waals surface area contributed by atoms with Gasteiger partial charge < -0.3 is 10.2 Å². The second kappa shape index (κ2) is 9.30. The minimum atomic E-state index is -0.00506. The first kappa shape index (κ1) is 19.1. The molecule has 1 aliphatic heterocycles. The highest BCUT2D eigenvalue weighted by Crippen LogP contribution is 2.12. The summed E-state index contributed by atoms with van der Waals surface area (Å²) in [5.74, 6) is 0.0750. The van der Waals surface area contributed by atoms with Crippen LogP contribution in [0.25, 0.3) is 0 Å². The van der Waals surface area contributed by atoms with Gasteiger partial charge in [-0.05, 0) is 24.3 Å². The summed E-state index contributed by atoms with van der Waals surface area (Å²) in [5.41, 5.74) is 1.72. The Labute approximate surface area is 160 Å². The molecule has 2 amide bonds. The molecule has 2 aromatic carbocycles. The van der Waals surface area contributed by atoms with Crippen molar-refractivity contribution in [2.75, 3.05) is 56.5 Å². The highest BCUT2D eigenvalue weighted by Gasteiger charge is 2.22. The molecule has 27 heavy (non-hydrogen) atoms. The molecule has 0 saturated carbocycles. The first-order valence-corrected chi connectivity index (χ1v) is 9.23. The van der Waals surface area contributed by atoms with E-state index in [0.717, 1.165) is 37.6 Å². The van der Waals surface area contributed by atoms with E-state index < -0.39 is 0 Å². The van der Waals surface area contributed by atoms with E-state index >= 15 is 0 Å². The third-order valence-electron chi connectivity index (χ3n) is 4.77. The molecule has 0 bridgehead atoms. The quantitative estimate of drug-likeness (QED) is 0.849. The SMILES string of the molecule is CN(C(=O)CN1CCN(CC(=O)Nc2ccccc2)CC1)c1ccccc1. The minimum absolute atomic E-state index is 0.00506. The fourth-order valence-electron chi connectivity index (χ4n) is 3.12. The third kappa shape index (κ3) is 5.64. The lowest BCUT2D eigenvalue weighted by Gasteiger charge is -2.34. The lowest BCUT2D eigenvalue weighted by molar-refractivity contribution is -0.121. The zero-order valence-electron chi connectivity index (χ0n) is 15.7. The Bertz CT molecular complexity index is 743. The maximum Gasteiger partial charge on any atom is 0.240 e. The largest absolute Gasteiger partial charge is 0.325 e. The molecule has 0 radical (unpaired) electrons. The molecule has 0 aromatic heterocycles. The number of hydrogen-bond donors (Lipinski definition) is 1. The fraction of sp³-hybridized carbons (Fsp3) is 0.333. The van der Waals surface area contributed by atoms with Crippen molar-refractivity contribution >= 4 is 23.2 Å². The first-order chi connectivity index (χ1) is 13.1. The first-order valence-electron chi connectivity index (χ1n) is 9.23. The fourth-order valence-corrected chi connectivity index (χ4v) is 3.12. The van der Waals surface area contributed by atoms with Gasteiger partial charge >= 0.3 is 0 Å². The molecule has 1 saturated heterocycles. The van der Waals surface area contributed by atoms with Gasteiger partial charge in [-0.3, -0.25) is 19.4 Å². The van der Waals surface area contributed by atoms with E-state index in [1.54, 1.807) is 4.90 Å². The van der Waals surface area contributed by atoms with Crippen LogP contribution in [0.4, 0.5) is 11.4 Å². The molecule has 0 spiro atoms. The van der Waals surface area contributed by atoms with Crippen molar-refractivity contribution in [3.8, 4) is 0 Å². The lowest BCUT2D eigenvalue weighted by Crippen LogP contribution is -2.51. The molecule has 3 rings (SSSR count). The average Bonchev–Trinajstić information content (AvgIpc) is 2.70. The highest BCUT2D eigenvalue weighted by atomic mass is 16.2. The van der Waals surface area contributed by atoms with Crippen LogP contribution in [0, 0.1) is 0 Å². The van der Waals surface area contributed by atoms with Crippen LogP contribution in [0.3, 0.4) is 0 Å². The second-order valence-corrected chi connectivity index (χ2v) is 6.75. The molecule has 6 nitrogen and oxygen atoms in total. The number of nitrogens with zero attached hydrogens (tertiary/aromatic N) is 3. The number of likely N-dealkylation sites (N-methyl/N-ethyl adjacent to an activating group) is 1.